The van der Waals surface area contributed by atoms with Crippen LogP contribution in [0, 0.1) is 0 Å². The third-order valence-electron chi connectivity index (χ3n) is 2.44. The molecule has 8 heteroatoms. The Morgan fingerprint density at radius 2 is 2.29 bits per heavy atom. The van der Waals surface area contributed by atoms with Crippen LogP contribution in [0.3, 0.4) is 0 Å². The van der Waals surface area contributed by atoms with Gasteiger partial charge in [0.2, 0.25) is 0 Å². The first-order valence-corrected chi connectivity index (χ1v) is 6.39. The first-order chi connectivity index (χ1) is 7.95. The Labute approximate surface area is 100 Å². The van der Waals surface area contributed by atoms with E-state index in [1.807, 2.05) is 0 Å². The summed E-state index contributed by atoms with van der Waals surface area (Å²) in [6.45, 7) is 1.32. The number of nitrogens with one attached hydrogen (secondary N) is 1. The molecule has 0 aliphatic heterocycles. The molecule has 7 nitrogen and oxygen atoms in total. The van der Waals surface area contributed by atoms with E-state index in [-0.39, 0.29) is 17.3 Å². The first-order valence-electron chi connectivity index (χ1n) is 4.95. The van der Waals surface area contributed by atoms with E-state index >= 15 is 0 Å². The first kappa shape index (κ1) is 13.8. The number of pyridine rings is 1. The topological polar surface area (TPSA) is 109 Å². The highest BCUT2D eigenvalue weighted by Crippen LogP contribution is 2.21. The molecule has 0 bridgehead atoms. The molecule has 1 unspecified atom stereocenters. The van der Waals surface area contributed by atoms with E-state index in [1.165, 1.54) is 19.3 Å². The molecule has 1 rings (SSSR count). The van der Waals surface area contributed by atoms with Gasteiger partial charge in [0.1, 0.15) is 0 Å². The normalized spacial score (nSPS) is 13.7. The van der Waals surface area contributed by atoms with Crippen molar-refractivity contribution in [1.29, 1.82) is 0 Å². The molecule has 0 saturated carbocycles. The Balaban J connectivity index is 3.22. The van der Waals surface area contributed by atoms with Crippen molar-refractivity contribution in [1.82, 2.24) is 9.29 Å². The van der Waals surface area contributed by atoms with Gasteiger partial charge in [0, 0.05) is 19.3 Å². The molecular formula is C9H16N4O3S. The number of aliphatic hydroxyl groups excluding tert-OH is 1. The molecule has 4 N–H and O–H groups in total. The minimum absolute atomic E-state index is 0.162. The van der Waals surface area contributed by atoms with Crippen LogP contribution in [-0.4, -0.2) is 42.5 Å². The molecule has 0 aromatic carbocycles. The van der Waals surface area contributed by atoms with Gasteiger partial charge >= 0.3 is 0 Å². The minimum atomic E-state index is -3.77. The lowest BCUT2D eigenvalue weighted by Crippen LogP contribution is -2.38. The summed E-state index contributed by atoms with van der Waals surface area (Å²) in [6.07, 6.45) is 1.37. The molecule has 0 spiro atoms. The summed E-state index contributed by atoms with van der Waals surface area (Å²) in [4.78, 5) is 3.81. The SMILES string of the molecule is CC(CO)N(C)S(=O)(=O)c1ncccc1NN. The third-order valence-corrected chi connectivity index (χ3v) is 4.37. The summed E-state index contributed by atoms with van der Waals surface area (Å²) in [5.74, 6) is 5.23. The highest BCUT2D eigenvalue weighted by molar-refractivity contribution is 7.89. The van der Waals surface area contributed by atoms with Crippen LogP contribution in [0.15, 0.2) is 23.4 Å². The fourth-order valence-electron chi connectivity index (χ4n) is 1.19. The van der Waals surface area contributed by atoms with Crippen LogP contribution in [0.1, 0.15) is 6.92 Å². The zero-order valence-corrected chi connectivity index (χ0v) is 10.5. The quantitative estimate of drug-likeness (QED) is 0.480. The predicted octanol–water partition coefficient (Wildman–Crippen LogP) is -0.631. The molecule has 1 aromatic rings. The van der Waals surface area contributed by atoms with Crippen LogP contribution >= 0.6 is 0 Å². The number of aromatic nitrogens is 1. The molecule has 17 heavy (non-hydrogen) atoms. The Hall–Kier alpha value is -1.22. The van der Waals surface area contributed by atoms with Gasteiger partial charge in [-0.3, -0.25) is 5.84 Å². The van der Waals surface area contributed by atoms with Crippen molar-refractivity contribution in [3.8, 4) is 0 Å². The van der Waals surface area contributed by atoms with Crippen molar-refractivity contribution in [3.63, 3.8) is 0 Å². The number of likely N-dealkylation sites (N-methyl/N-ethyl adjacent to an activating group) is 1. The number of hydrogen-bond donors (Lipinski definition) is 3. The fraction of sp³-hybridized carbons (Fsp3) is 0.444. The van der Waals surface area contributed by atoms with Crippen LogP contribution in [0.4, 0.5) is 5.69 Å². The summed E-state index contributed by atoms with van der Waals surface area (Å²) in [6, 6.07) is 2.55. The Bertz CT molecular complexity index is 477. The Morgan fingerprint density at radius 1 is 1.65 bits per heavy atom. The van der Waals surface area contributed by atoms with Crippen molar-refractivity contribution in [2.75, 3.05) is 19.1 Å². The zero-order valence-electron chi connectivity index (χ0n) is 9.66. The van der Waals surface area contributed by atoms with Gasteiger partial charge in [-0.2, -0.15) is 4.31 Å². The number of hydrogen-bond acceptors (Lipinski definition) is 6. The molecular weight excluding hydrogens is 244 g/mol. The summed E-state index contributed by atoms with van der Waals surface area (Å²) in [5, 5.41) is 8.81. The molecule has 0 aliphatic rings. The molecule has 0 amide bonds. The van der Waals surface area contributed by atoms with E-state index < -0.39 is 16.1 Å². The number of rotatable bonds is 5. The molecule has 1 aromatic heterocycles. The van der Waals surface area contributed by atoms with Gasteiger partial charge in [-0.05, 0) is 19.1 Å². The fourth-order valence-corrected chi connectivity index (χ4v) is 2.61. The number of aliphatic hydroxyl groups is 1. The van der Waals surface area contributed by atoms with E-state index in [4.69, 9.17) is 10.9 Å². The van der Waals surface area contributed by atoms with E-state index in [9.17, 15) is 8.42 Å². The van der Waals surface area contributed by atoms with E-state index in [1.54, 1.807) is 13.0 Å². The number of nitrogen functional groups attached to an aromatic ring is 1. The van der Waals surface area contributed by atoms with Crippen molar-refractivity contribution < 1.29 is 13.5 Å². The van der Waals surface area contributed by atoms with Gasteiger partial charge in [0.15, 0.2) is 5.03 Å². The smallest absolute Gasteiger partial charge is 0.262 e. The standard InChI is InChI=1S/C9H16N4O3S/c1-7(6-14)13(2)17(15,16)9-8(12-10)4-3-5-11-9/h3-5,7,12,14H,6,10H2,1-2H3. The van der Waals surface area contributed by atoms with Crippen LogP contribution in [-0.2, 0) is 10.0 Å². The second-order valence-electron chi connectivity index (χ2n) is 3.55. The molecule has 0 saturated heterocycles. The van der Waals surface area contributed by atoms with Gasteiger partial charge in [0.25, 0.3) is 10.0 Å². The molecule has 1 atom stereocenters. The molecule has 1 heterocycles. The number of nitrogens with zero attached hydrogens (tertiary/aromatic N) is 2. The summed E-state index contributed by atoms with van der Waals surface area (Å²) in [5.41, 5.74) is 2.50. The average molecular weight is 260 g/mol. The molecule has 96 valence electrons. The lowest BCUT2D eigenvalue weighted by Gasteiger charge is -2.22. The van der Waals surface area contributed by atoms with E-state index in [0.717, 1.165) is 4.31 Å². The average Bonchev–Trinajstić information content (AvgIpc) is 2.36. The third kappa shape index (κ3) is 2.72. The highest BCUT2D eigenvalue weighted by atomic mass is 32.2. The second-order valence-corrected chi connectivity index (χ2v) is 5.47. The maximum atomic E-state index is 12.2. The monoisotopic (exact) mass is 260 g/mol. The van der Waals surface area contributed by atoms with Crippen LogP contribution in [0.2, 0.25) is 0 Å². The van der Waals surface area contributed by atoms with Crippen molar-refractivity contribution >= 4 is 15.7 Å². The van der Waals surface area contributed by atoms with Crippen molar-refractivity contribution in [2.24, 2.45) is 5.84 Å². The van der Waals surface area contributed by atoms with Gasteiger partial charge in [-0.1, -0.05) is 0 Å². The van der Waals surface area contributed by atoms with Gasteiger partial charge in [-0.15, -0.1) is 0 Å². The van der Waals surface area contributed by atoms with E-state index in [0.29, 0.717) is 0 Å². The Morgan fingerprint density at radius 3 is 2.82 bits per heavy atom. The largest absolute Gasteiger partial charge is 0.395 e. The van der Waals surface area contributed by atoms with Crippen LogP contribution < -0.4 is 11.3 Å². The van der Waals surface area contributed by atoms with Crippen LogP contribution in [0.25, 0.3) is 0 Å². The number of hydrazine groups is 1. The lowest BCUT2D eigenvalue weighted by molar-refractivity contribution is 0.213. The predicted molar refractivity (Wildman–Crippen MR) is 63.5 cm³/mol. The Kier molecular flexibility index (Phi) is 4.40. The van der Waals surface area contributed by atoms with Gasteiger partial charge < -0.3 is 10.5 Å². The summed E-state index contributed by atoms with van der Waals surface area (Å²) < 4.78 is 25.4. The summed E-state index contributed by atoms with van der Waals surface area (Å²) in [7, 11) is -2.39. The van der Waals surface area contributed by atoms with Crippen LogP contribution in [0.5, 0.6) is 0 Å². The van der Waals surface area contributed by atoms with Gasteiger partial charge in [0.05, 0.1) is 12.3 Å². The van der Waals surface area contributed by atoms with Crippen molar-refractivity contribution in [2.45, 2.75) is 18.0 Å². The summed E-state index contributed by atoms with van der Waals surface area (Å²) >= 11 is 0. The maximum absolute atomic E-state index is 12.2. The lowest BCUT2D eigenvalue weighted by atomic mass is 10.4. The minimum Gasteiger partial charge on any atom is -0.395 e. The highest BCUT2D eigenvalue weighted by Gasteiger charge is 2.28. The zero-order chi connectivity index (χ0) is 13.1. The van der Waals surface area contributed by atoms with Gasteiger partial charge in [-0.25, -0.2) is 13.4 Å². The number of sulfonamides is 1. The molecule has 0 fully saturated rings. The second kappa shape index (κ2) is 5.41. The van der Waals surface area contributed by atoms with E-state index in [2.05, 4.69) is 10.4 Å². The maximum Gasteiger partial charge on any atom is 0.262 e. The number of nitrogens with two attached hydrogens (primary N) is 1. The number of anilines is 1. The molecule has 0 aliphatic carbocycles. The molecule has 0 radical (unpaired) electrons. The van der Waals surface area contributed by atoms with Crippen molar-refractivity contribution in [3.05, 3.63) is 18.3 Å².